The smallest absolute Gasteiger partial charge is 0.134 e. The number of alkyl halides is 1. The molecule has 2 aromatic rings. The Kier molecular flexibility index (Phi) is 4.38. The Hall–Kier alpha value is -1.49. The van der Waals surface area contributed by atoms with Crippen molar-refractivity contribution < 1.29 is 17.9 Å². The van der Waals surface area contributed by atoms with E-state index in [1.807, 2.05) is 0 Å². The Morgan fingerprint density at radius 1 is 1.00 bits per heavy atom. The average Bonchev–Trinajstić information content (AvgIpc) is 2.40. The van der Waals surface area contributed by atoms with Crippen LogP contribution in [0.3, 0.4) is 0 Å². The minimum Gasteiger partial charge on any atom is -0.497 e. The summed E-state index contributed by atoms with van der Waals surface area (Å²) in [5.41, 5.74) is 0.866. The van der Waals surface area contributed by atoms with Crippen LogP contribution in [0.2, 0.25) is 0 Å². The summed E-state index contributed by atoms with van der Waals surface area (Å²) in [5.74, 6) is -1.68. The lowest BCUT2D eigenvalue weighted by Gasteiger charge is -2.14. The largest absolute Gasteiger partial charge is 0.497 e. The second kappa shape index (κ2) is 5.87. The Morgan fingerprint density at radius 3 is 2.10 bits per heavy atom. The minimum absolute atomic E-state index is 0.110. The molecule has 0 radical (unpaired) electrons. The van der Waals surface area contributed by atoms with Crippen LogP contribution in [-0.2, 0) is 0 Å². The molecule has 106 valence electrons. The fourth-order valence-corrected chi connectivity index (χ4v) is 2.64. The van der Waals surface area contributed by atoms with E-state index in [1.165, 1.54) is 19.2 Å². The molecule has 0 heterocycles. The number of hydrogen-bond acceptors (Lipinski definition) is 1. The zero-order valence-corrected chi connectivity index (χ0v) is 12.5. The van der Waals surface area contributed by atoms with E-state index in [1.54, 1.807) is 13.0 Å². The highest BCUT2D eigenvalue weighted by Gasteiger charge is 2.21. The van der Waals surface area contributed by atoms with Gasteiger partial charge in [0.25, 0.3) is 0 Å². The summed E-state index contributed by atoms with van der Waals surface area (Å²) in [4.78, 5) is -0.701. The first-order chi connectivity index (χ1) is 9.43. The maximum absolute atomic E-state index is 14.0. The van der Waals surface area contributed by atoms with E-state index < -0.39 is 16.5 Å². The molecule has 0 amide bonds. The third kappa shape index (κ3) is 2.82. The van der Waals surface area contributed by atoms with E-state index in [0.29, 0.717) is 11.1 Å². The third-order valence-corrected chi connectivity index (χ3v) is 4.00. The predicted octanol–water partition coefficient (Wildman–Crippen LogP) is 4.91. The molecule has 0 aliphatic rings. The molecule has 0 aromatic heterocycles. The highest BCUT2D eigenvalue weighted by atomic mass is 79.9. The van der Waals surface area contributed by atoms with Crippen molar-refractivity contribution in [2.75, 3.05) is 7.11 Å². The van der Waals surface area contributed by atoms with Gasteiger partial charge in [0.05, 0.1) is 11.9 Å². The van der Waals surface area contributed by atoms with Crippen LogP contribution >= 0.6 is 15.9 Å². The molecule has 0 fully saturated rings. The Balaban J connectivity index is 2.47. The topological polar surface area (TPSA) is 9.23 Å². The maximum atomic E-state index is 14.0. The van der Waals surface area contributed by atoms with Crippen LogP contribution in [0.4, 0.5) is 13.2 Å². The molecule has 2 aromatic carbocycles. The number of aryl methyl sites for hydroxylation is 1. The van der Waals surface area contributed by atoms with Crippen molar-refractivity contribution in [3.63, 3.8) is 0 Å². The zero-order chi connectivity index (χ0) is 14.9. The van der Waals surface area contributed by atoms with Crippen molar-refractivity contribution in [3.05, 3.63) is 64.5 Å². The molecule has 20 heavy (non-hydrogen) atoms. The van der Waals surface area contributed by atoms with Gasteiger partial charge in [0, 0.05) is 17.7 Å². The fourth-order valence-electron chi connectivity index (χ4n) is 1.91. The summed E-state index contributed by atoms with van der Waals surface area (Å²) < 4.78 is 46.0. The van der Waals surface area contributed by atoms with Gasteiger partial charge in [-0.3, -0.25) is 0 Å². The third-order valence-electron chi connectivity index (χ3n) is 3.02. The van der Waals surface area contributed by atoms with Gasteiger partial charge < -0.3 is 4.74 Å². The van der Waals surface area contributed by atoms with Crippen molar-refractivity contribution in [2.24, 2.45) is 0 Å². The van der Waals surface area contributed by atoms with Crippen molar-refractivity contribution in [2.45, 2.75) is 11.8 Å². The van der Waals surface area contributed by atoms with E-state index in [0.717, 1.165) is 12.1 Å². The Morgan fingerprint density at radius 2 is 1.60 bits per heavy atom. The van der Waals surface area contributed by atoms with E-state index in [-0.39, 0.29) is 17.1 Å². The van der Waals surface area contributed by atoms with Crippen molar-refractivity contribution in [1.29, 1.82) is 0 Å². The normalized spacial score (nSPS) is 12.3. The van der Waals surface area contributed by atoms with E-state index >= 15 is 0 Å². The number of methoxy groups -OCH3 is 1. The minimum atomic E-state index is -0.717. The quantitative estimate of drug-likeness (QED) is 0.719. The second-order valence-corrected chi connectivity index (χ2v) is 5.29. The van der Waals surface area contributed by atoms with Gasteiger partial charge in [-0.1, -0.05) is 28.1 Å². The predicted molar refractivity (Wildman–Crippen MR) is 74.8 cm³/mol. The van der Waals surface area contributed by atoms with E-state index in [9.17, 15) is 13.2 Å². The van der Waals surface area contributed by atoms with Crippen molar-refractivity contribution in [3.8, 4) is 5.75 Å². The highest BCUT2D eigenvalue weighted by molar-refractivity contribution is 9.09. The Labute approximate surface area is 123 Å². The van der Waals surface area contributed by atoms with Crippen molar-refractivity contribution >= 4 is 15.9 Å². The van der Waals surface area contributed by atoms with Gasteiger partial charge >= 0.3 is 0 Å². The lowest BCUT2D eigenvalue weighted by atomic mass is 10.0. The Bertz CT molecular complexity index is 620. The van der Waals surface area contributed by atoms with Crippen LogP contribution < -0.4 is 4.74 Å². The van der Waals surface area contributed by atoms with E-state index in [2.05, 4.69) is 15.9 Å². The zero-order valence-electron chi connectivity index (χ0n) is 10.9. The molecule has 0 saturated heterocycles. The summed E-state index contributed by atoms with van der Waals surface area (Å²) in [6.45, 7) is 1.60. The monoisotopic (exact) mass is 344 g/mol. The molecule has 0 spiro atoms. The molecule has 1 unspecified atom stereocenters. The molecular formula is C15H12BrF3O. The van der Waals surface area contributed by atoms with Crippen LogP contribution in [0.1, 0.15) is 21.5 Å². The van der Waals surface area contributed by atoms with Crippen LogP contribution in [-0.4, -0.2) is 7.11 Å². The second-order valence-electron chi connectivity index (χ2n) is 4.38. The summed E-state index contributed by atoms with van der Waals surface area (Å²) in [5, 5.41) is 0. The van der Waals surface area contributed by atoms with Crippen LogP contribution in [0.15, 0.2) is 30.3 Å². The first-order valence-electron chi connectivity index (χ1n) is 5.87. The number of rotatable bonds is 3. The number of halogens is 4. The van der Waals surface area contributed by atoms with Crippen LogP contribution in [0, 0.1) is 24.4 Å². The van der Waals surface area contributed by atoms with Gasteiger partial charge in [-0.2, -0.15) is 0 Å². The maximum Gasteiger partial charge on any atom is 0.134 e. The van der Waals surface area contributed by atoms with E-state index in [4.69, 9.17) is 4.74 Å². The van der Waals surface area contributed by atoms with Crippen molar-refractivity contribution in [1.82, 2.24) is 0 Å². The summed E-state index contributed by atoms with van der Waals surface area (Å²) in [7, 11) is 1.34. The van der Waals surface area contributed by atoms with Gasteiger partial charge in [-0.05, 0) is 24.1 Å². The molecular weight excluding hydrogens is 333 g/mol. The molecule has 0 aliphatic heterocycles. The van der Waals surface area contributed by atoms with Crippen LogP contribution in [0.5, 0.6) is 5.75 Å². The molecule has 0 saturated carbocycles. The number of hydrogen-bond donors (Lipinski definition) is 0. The van der Waals surface area contributed by atoms with Gasteiger partial charge in [-0.25, -0.2) is 13.2 Å². The van der Waals surface area contributed by atoms with Crippen LogP contribution in [0.25, 0.3) is 0 Å². The lowest BCUT2D eigenvalue weighted by Crippen LogP contribution is -2.02. The molecule has 1 nitrogen and oxygen atoms in total. The molecule has 1 atom stereocenters. The summed E-state index contributed by atoms with van der Waals surface area (Å²) >= 11 is 3.26. The van der Waals surface area contributed by atoms with Gasteiger partial charge in [0.15, 0.2) is 0 Å². The number of ether oxygens (including phenoxy) is 1. The molecule has 2 rings (SSSR count). The average molecular weight is 345 g/mol. The first kappa shape index (κ1) is 14.9. The standard InChI is InChI=1S/C15H12BrF3O/c1-8-5-9(3-4-11(8)17)15(16)14-12(18)6-10(20-2)7-13(14)19/h3-7,15H,1-2H3. The number of benzene rings is 2. The summed E-state index contributed by atoms with van der Waals surface area (Å²) in [6, 6.07) is 6.55. The summed E-state index contributed by atoms with van der Waals surface area (Å²) in [6.07, 6.45) is 0. The molecule has 0 bridgehead atoms. The molecule has 5 heteroatoms. The fraction of sp³-hybridized carbons (Fsp3) is 0.200. The molecule has 0 aliphatic carbocycles. The molecule has 0 N–H and O–H groups in total. The van der Waals surface area contributed by atoms with Gasteiger partial charge in [0.1, 0.15) is 23.2 Å². The highest BCUT2D eigenvalue weighted by Crippen LogP contribution is 2.36. The van der Waals surface area contributed by atoms with Gasteiger partial charge in [-0.15, -0.1) is 0 Å². The van der Waals surface area contributed by atoms with Gasteiger partial charge in [0.2, 0.25) is 0 Å². The lowest BCUT2D eigenvalue weighted by molar-refractivity contribution is 0.405. The first-order valence-corrected chi connectivity index (χ1v) is 6.78. The SMILES string of the molecule is COc1cc(F)c(C(Br)c2ccc(F)c(C)c2)c(F)c1.